The predicted octanol–water partition coefficient (Wildman–Crippen LogP) is 3.10. The van der Waals surface area contributed by atoms with Gasteiger partial charge in [0.05, 0.1) is 13.2 Å². The fourth-order valence-corrected chi connectivity index (χ4v) is 4.31. The number of anilines is 1. The Morgan fingerprint density at radius 3 is 2.35 bits per heavy atom. The van der Waals surface area contributed by atoms with Crippen LogP contribution >= 0.6 is 24.0 Å². The number of nitrogens with one attached hydrogen (secondary N) is 2. The van der Waals surface area contributed by atoms with Crippen LogP contribution in [0.4, 0.5) is 5.82 Å². The second-order valence-electron chi connectivity index (χ2n) is 8.69. The van der Waals surface area contributed by atoms with Crippen LogP contribution in [0, 0.1) is 5.92 Å². The Morgan fingerprint density at radius 1 is 1.06 bits per heavy atom. The molecule has 2 fully saturated rings. The molecule has 2 aliphatic heterocycles. The van der Waals surface area contributed by atoms with Gasteiger partial charge in [-0.1, -0.05) is 32.8 Å². The molecule has 1 aromatic rings. The number of ether oxygens (including phenoxy) is 1. The zero-order valence-corrected chi connectivity index (χ0v) is 21.8. The van der Waals surface area contributed by atoms with Gasteiger partial charge in [0.15, 0.2) is 5.96 Å². The maximum atomic E-state index is 5.51. The number of aliphatic imine (C=N–C) groups is 1. The van der Waals surface area contributed by atoms with E-state index in [0.29, 0.717) is 12.0 Å². The Morgan fingerprint density at radius 2 is 1.77 bits per heavy atom. The highest BCUT2D eigenvalue weighted by Gasteiger charge is 2.23. The summed E-state index contributed by atoms with van der Waals surface area (Å²) in [5.41, 5.74) is 1.17. The molecule has 7 nitrogen and oxygen atoms in total. The largest absolute Gasteiger partial charge is 0.379 e. The summed E-state index contributed by atoms with van der Waals surface area (Å²) in [5.74, 6) is 2.52. The van der Waals surface area contributed by atoms with Crippen LogP contribution in [0.25, 0.3) is 0 Å². The van der Waals surface area contributed by atoms with Gasteiger partial charge in [0.1, 0.15) is 5.82 Å². The lowest BCUT2D eigenvalue weighted by Gasteiger charge is -2.37. The molecule has 0 radical (unpaired) electrons. The van der Waals surface area contributed by atoms with Crippen molar-refractivity contribution in [3.8, 4) is 0 Å². The molecule has 0 spiro atoms. The highest BCUT2D eigenvalue weighted by atomic mass is 127. The van der Waals surface area contributed by atoms with Crippen LogP contribution in [-0.2, 0) is 11.3 Å². The van der Waals surface area contributed by atoms with E-state index in [1.807, 2.05) is 13.2 Å². The van der Waals surface area contributed by atoms with Gasteiger partial charge in [-0.05, 0) is 30.4 Å². The average Bonchev–Trinajstić information content (AvgIpc) is 3.06. The molecule has 1 atom stereocenters. The van der Waals surface area contributed by atoms with Crippen molar-refractivity contribution in [2.45, 2.75) is 52.1 Å². The molecule has 2 N–H and O–H groups in total. The normalized spacial score (nSPS) is 19.5. The van der Waals surface area contributed by atoms with Crippen LogP contribution in [0.2, 0.25) is 0 Å². The lowest BCUT2D eigenvalue weighted by atomic mass is 10.0. The topological polar surface area (TPSA) is 65.0 Å². The fraction of sp³-hybridized carbons (Fsp3) is 0.739. The molecule has 2 aliphatic rings. The monoisotopic (exact) mass is 544 g/mol. The van der Waals surface area contributed by atoms with Crippen molar-refractivity contribution < 1.29 is 4.74 Å². The van der Waals surface area contributed by atoms with Gasteiger partial charge < -0.3 is 20.3 Å². The van der Waals surface area contributed by atoms with Gasteiger partial charge in [-0.2, -0.15) is 0 Å². The highest BCUT2D eigenvalue weighted by Crippen LogP contribution is 2.17. The van der Waals surface area contributed by atoms with Crippen LogP contribution in [0.5, 0.6) is 0 Å². The van der Waals surface area contributed by atoms with Crippen molar-refractivity contribution in [3.63, 3.8) is 0 Å². The van der Waals surface area contributed by atoms with Crippen LogP contribution in [0.15, 0.2) is 23.3 Å². The number of halogens is 1. The minimum atomic E-state index is 0. The molecule has 1 aromatic heterocycles. The van der Waals surface area contributed by atoms with Crippen LogP contribution in [0.1, 0.15) is 45.1 Å². The molecule has 2 saturated heterocycles. The first-order chi connectivity index (χ1) is 14.7. The van der Waals surface area contributed by atoms with Crippen molar-refractivity contribution in [2.24, 2.45) is 10.9 Å². The van der Waals surface area contributed by atoms with E-state index in [1.54, 1.807) is 0 Å². The molecule has 0 amide bonds. The predicted molar refractivity (Wildman–Crippen MR) is 140 cm³/mol. The molecule has 0 saturated carbocycles. The van der Waals surface area contributed by atoms with Gasteiger partial charge in [-0.25, -0.2) is 4.98 Å². The smallest absolute Gasteiger partial charge is 0.191 e. The Hall–Kier alpha value is -1.13. The number of pyridine rings is 1. The van der Waals surface area contributed by atoms with E-state index < -0.39 is 0 Å². The lowest BCUT2D eigenvalue weighted by molar-refractivity contribution is 0.00752. The summed E-state index contributed by atoms with van der Waals surface area (Å²) < 4.78 is 5.51. The van der Waals surface area contributed by atoms with E-state index in [1.165, 1.54) is 31.2 Å². The zero-order chi connectivity index (χ0) is 21.2. The van der Waals surface area contributed by atoms with Crippen LogP contribution < -0.4 is 15.5 Å². The first-order valence-corrected chi connectivity index (χ1v) is 11.6. The Kier molecular flexibility index (Phi) is 11.9. The van der Waals surface area contributed by atoms with Crippen molar-refractivity contribution in [2.75, 3.05) is 57.9 Å². The number of rotatable bonds is 7. The van der Waals surface area contributed by atoms with Gasteiger partial charge in [-0.15, -0.1) is 24.0 Å². The third-order valence-electron chi connectivity index (χ3n) is 6.19. The summed E-state index contributed by atoms with van der Waals surface area (Å²) in [4.78, 5) is 14.1. The minimum Gasteiger partial charge on any atom is -0.379 e. The van der Waals surface area contributed by atoms with Gasteiger partial charge in [0.2, 0.25) is 0 Å². The summed E-state index contributed by atoms with van der Waals surface area (Å²) >= 11 is 0. The molecule has 3 heterocycles. The van der Waals surface area contributed by atoms with Crippen molar-refractivity contribution in [3.05, 3.63) is 23.9 Å². The highest BCUT2D eigenvalue weighted by molar-refractivity contribution is 14.0. The van der Waals surface area contributed by atoms with E-state index in [2.05, 4.69) is 51.4 Å². The first-order valence-electron chi connectivity index (χ1n) is 11.6. The summed E-state index contributed by atoms with van der Waals surface area (Å²) in [6.45, 7) is 12.1. The third kappa shape index (κ3) is 8.38. The van der Waals surface area contributed by atoms with Crippen molar-refractivity contribution in [1.29, 1.82) is 0 Å². The number of aromatic nitrogens is 1. The molecule has 1 unspecified atom stereocenters. The van der Waals surface area contributed by atoms with E-state index in [-0.39, 0.29) is 24.0 Å². The Bertz CT molecular complexity index is 640. The fourth-order valence-electron chi connectivity index (χ4n) is 4.31. The molecule has 0 aliphatic carbocycles. The Balaban J connectivity index is 0.00000341. The molecule has 0 bridgehead atoms. The molecular weight excluding hydrogens is 503 g/mol. The van der Waals surface area contributed by atoms with E-state index in [0.717, 1.165) is 64.3 Å². The van der Waals surface area contributed by atoms with E-state index in [9.17, 15) is 0 Å². The van der Waals surface area contributed by atoms with E-state index in [4.69, 9.17) is 9.72 Å². The van der Waals surface area contributed by atoms with Crippen molar-refractivity contribution in [1.82, 2.24) is 20.5 Å². The van der Waals surface area contributed by atoms with Crippen molar-refractivity contribution >= 4 is 35.8 Å². The minimum absolute atomic E-state index is 0. The second-order valence-corrected chi connectivity index (χ2v) is 8.69. The van der Waals surface area contributed by atoms with Gasteiger partial charge in [0.25, 0.3) is 0 Å². The van der Waals surface area contributed by atoms with Gasteiger partial charge in [0, 0.05) is 58.6 Å². The summed E-state index contributed by atoms with van der Waals surface area (Å²) in [6.07, 6.45) is 7.22. The van der Waals surface area contributed by atoms with Crippen LogP contribution in [-0.4, -0.2) is 74.9 Å². The number of nitrogens with zero attached hydrogens (tertiary/aromatic N) is 4. The maximum absolute atomic E-state index is 5.51. The third-order valence-corrected chi connectivity index (χ3v) is 6.19. The summed E-state index contributed by atoms with van der Waals surface area (Å²) in [6, 6.07) is 4.81. The molecule has 176 valence electrons. The number of hydrogen-bond donors (Lipinski definition) is 2. The molecule has 8 heteroatoms. The van der Waals surface area contributed by atoms with Gasteiger partial charge >= 0.3 is 0 Å². The molecule has 0 aromatic carbocycles. The molecular formula is C23H41IN6O. The van der Waals surface area contributed by atoms with Gasteiger partial charge in [-0.3, -0.25) is 9.89 Å². The average molecular weight is 545 g/mol. The first kappa shape index (κ1) is 26.1. The standard InChI is InChI=1S/C23H40N6O.HI/c1-19(2)21(28-12-14-30-15-13-28)18-27-23(24-3)26-17-20-8-9-22(25-16-20)29-10-6-4-5-7-11-29;/h8-9,16,19,21H,4-7,10-15,17-18H2,1-3H3,(H2,24,26,27);1H. The number of morpholine rings is 1. The lowest BCUT2D eigenvalue weighted by Crippen LogP contribution is -2.52. The quantitative estimate of drug-likeness (QED) is 0.313. The number of guanidine groups is 1. The maximum Gasteiger partial charge on any atom is 0.191 e. The van der Waals surface area contributed by atoms with E-state index >= 15 is 0 Å². The molecule has 3 rings (SSSR count). The second kappa shape index (κ2) is 14.1. The number of hydrogen-bond acceptors (Lipinski definition) is 5. The summed E-state index contributed by atoms with van der Waals surface area (Å²) in [7, 11) is 1.83. The Labute approximate surface area is 205 Å². The summed E-state index contributed by atoms with van der Waals surface area (Å²) in [5, 5.41) is 6.95. The molecule has 31 heavy (non-hydrogen) atoms. The zero-order valence-electron chi connectivity index (χ0n) is 19.5. The van der Waals surface area contributed by atoms with Crippen LogP contribution in [0.3, 0.4) is 0 Å². The SMILES string of the molecule is CN=C(NCc1ccc(N2CCCCCC2)nc1)NCC(C(C)C)N1CCOCC1.I.